The largest absolute Gasteiger partial charge is 0.479 e. The molecule has 1 atom stereocenters. The van der Waals surface area contributed by atoms with Crippen LogP contribution in [-0.2, 0) is 4.74 Å². The molecule has 3 N–H and O–H groups in total. The maximum absolute atomic E-state index is 15.3. The van der Waals surface area contributed by atoms with Crippen molar-refractivity contribution in [1.82, 2.24) is 19.5 Å². The zero-order chi connectivity index (χ0) is 27.7. The molecule has 10 nitrogen and oxygen atoms in total. The Labute approximate surface area is 220 Å². The predicted molar refractivity (Wildman–Crippen MR) is 132 cm³/mol. The van der Waals surface area contributed by atoms with Gasteiger partial charge in [-0.3, -0.25) is 4.90 Å². The van der Waals surface area contributed by atoms with E-state index < -0.39 is 37.2 Å². The van der Waals surface area contributed by atoms with Crippen LogP contribution in [0.2, 0.25) is 0 Å². The van der Waals surface area contributed by atoms with Gasteiger partial charge in [0.2, 0.25) is 18.3 Å². The maximum Gasteiger partial charge on any atom is 0.280 e. The van der Waals surface area contributed by atoms with Gasteiger partial charge in [-0.25, -0.2) is 32.0 Å². The number of halogens is 5. The van der Waals surface area contributed by atoms with Crippen molar-refractivity contribution in [2.24, 2.45) is 5.11 Å². The number of ether oxygens (including phenoxy) is 2. The molecule has 4 heterocycles. The molecule has 2 fully saturated rings. The highest BCUT2D eigenvalue weighted by Gasteiger charge is 2.47. The van der Waals surface area contributed by atoms with Gasteiger partial charge in [-0.05, 0) is 24.1 Å². The van der Waals surface area contributed by atoms with Crippen molar-refractivity contribution < 1.29 is 31.4 Å². The van der Waals surface area contributed by atoms with Gasteiger partial charge in [0, 0.05) is 19.5 Å². The first-order chi connectivity index (χ1) is 18.7. The molecule has 2 aliphatic rings. The Hall–Kier alpha value is -3.59. The minimum absolute atomic E-state index is 0.00494. The van der Waals surface area contributed by atoms with E-state index in [1.54, 1.807) is 4.90 Å². The molecular weight excluding hydrogens is 527 g/mol. The number of alkyl halides is 4. The van der Waals surface area contributed by atoms with E-state index in [4.69, 9.17) is 15.0 Å². The van der Waals surface area contributed by atoms with Crippen LogP contribution in [0.15, 0.2) is 29.5 Å². The van der Waals surface area contributed by atoms with Gasteiger partial charge >= 0.3 is 0 Å². The van der Waals surface area contributed by atoms with E-state index in [1.807, 2.05) is 0 Å². The Morgan fingerprint density at radius 3 is 2.74 bits per heavy atom. The molecule has 0 unspecified atom stereocenters. The standard InChI is InChI=1S/C24H27F5N8O2/c1-38-22-21-20(13-2-3-16(34-30)17(8-13)31-6-4-19(26)27)15(25)9-37(21)35-23(33-22)32-18-5-7-36(12-24(18,28)29)14-10-39-11-14/h2-3,8-9,14,18-19,30-31H,4-7,10-12H2,1H3,(H,32,35)/t18-/m1/s1. The van der Waals surface area contributed by atoms with Gasteiger partial charge in [-0.1, -0.05) is 6.07 Å². The number of benzene rings is 1. The number of hydrogen-bond acceptors (Lipinski definition) is 9. The molecule has 0 spiro atoms. The first kappa shape index (κ1) is 27.0. The topological polar surface area (TPSA) is 112 Å². The molecule has 3 aromatic rings. The zero-order valence-corrected chi connectivity index (χ0v) is 20.9. The Bertz CT molecular complexity index is 1350. The molecular formula is C24H27F5N8O2. The maximum atomic E-state index is 15.3. The van der Waals surface area contributed by atoms with E-state index >= 15 is 4.39 Å². The highest BCUT2D eigenvalue weighted by molar-refractivity contribution is 5.88. The lowest BCUT2D eigenvalue weighted by molar-refractivity contribution is -0.131. The quantitative estimate of drug-likeness (QED) is 0.244. The Kier molecular flexibility index (Phi) is 7.53. The summed E-state index contributed by atoms with van der Waals surface area (Å²) in [6.45, 7) is 0.842. The summed E-state index contributed by atoms with van der Waals surface area (Å²) in [5.41, 5.74) is 8.30. The number of anilines is 2. The van der Waals surface area contributed by atoms with Gasteiger partial charge in [0.05, 0.1) is 56.4 Å². The summed E-state index contributed by atoms with van der Waals surface area (Å²) in [5.74, 6) is -3.97. The first-order valence-electron chi connectivity index (χ1n) is 12.3. The van der Waals surface area contributed by atoms with Gasteiger partial charge in [0.25, 0.3) is 5.92 Å². The molecule has 2 aliphatic heterocycles. The van der Waals surface area contributed by atoms with Crippen molar-refractivity contribution in [3.05, 3.63) is 30.2 Å². The Morgan fingerprint density at radius 2 is 2.10 bits per heavy atom. The summed E-state index contributed by atoms with van der Waals surface area (Å²) < 4.78 is 82.1. The predicted octanol–water partition coefficient (Wildman–Crippen LogP) is 4.79. The molecule has 0 aliphatic carbocycles. The highest BCUT2D eigenvalue weighted by atomic mass is 19.3. The summed E-state index contributed by atoms with van der Waals surface area (Å²) >= 11 is 0. The number of nitrogens with one attached hydrogen (secondary N) is 3. The fraction of sp³-hybridized carbons (Fsp3) is 0.500. The molecule has 210 valence electrons. The molecule has 2 aromatic heterocycles. The number of aromatic nitrogens is 3. The number of hydrogen-bond donors (Lipinski definition) is 3. The fourth-order valence-corrected chi connectivity index (χ4v) is 4.79. The number of likely N-dealkylation sites (tertiary alicyclic amines) is 1. The average molecular weight is 555 g/mol. The summed E-state index contributed by atoms with van der Waals surface area (Å²) in [6, 6.07) is 3.19. The van der Waals surface area contributed by atoms with Crippen molar-refractivity contribution in [1.29, 1.82) is 5.53 Å². The summed E-state index contributed by atoms with van der Waals surface area (Å²) in [4.78, 5) is 5.96. The van der Waals surface area contributed by atoms with E-state index in [2.05, 4.69) is 25.8 Å². The second-order valence-electron chi connectivity index (χ2n) is 9.45. The van der Waals surface area contributed by atoms with Crippen LogP contribution in [0, 0.1) is 11.3 Å². The minimum Gasteiger partial charge on any atom is -0.479 e. The van der Waals surface area contributed by atoms with E-state index in [1.165, 1.54) is 25.3 Å². The Morgan fingerprint density at radius 1 is 1.31 bits per heavy atom. The second-order valence-corrected chi connectivity index (χ2v) is 9.45. The average Bonchev–Trinajstić information content (AvgIpc) is 3.19. The third-order valence-electron chi connectivity index (χ3n) is 6.90. The SMILES string of the molecule is COc1nc(N[C@@H]2CCN(C3COC3)CC2(F)F)nn2cc(F)c(-c3ccc(N=N)c(NCCC(F)F)c3)c12. The molecule has 15 heteroatoms. The number of rotatable bonds is 10. The van der Waals surface area contributed by atoms with Crippen LogP contribution in [0.1, 0.15) is 12.8 Å². The molecule has 1 aromatic carbocycles. The van der Waals surface area contributed by atoms with Crippen molar-refractivity contribution in [3.8, 4) is 17.0 Å². The lowest BCUT2D eigenvalue weighted by Gasteiger charge is -2.44. The monoisotopic (exact) mass is 554 g/mol. The first-order valence-corrected chi connectivity index (χ1v) is 12.3. The molecule has 5 rings (SSSR count). The van der Waals surface area contributed by atoms with Crippen LogP contribution in [0.5, 0.6) is 5.88 Å². The van der Waals surface area contributed by atoms with Gasteiger partial charge in [0.1, 0.15) is 11.2 Å². The molecule has 39 heavy (non-hydrogen) atoms. The molecule has 0 bridgehead atoms. The fourth-order valence-electron chi connectivity index (χ4n) is 4.79. The van der Waals surface area contributed by atoms with Crippen molar-refractivity contribution >= 4 is 22.8 Å². The van der Waals surface area contributed by atoms with E-state index in [9.17, 15) is 17.6 Å². The van der Waals surface area contributed by atoms with E-state index in [0.29, 0.717) is 25.3 Å². The number of methoxy groups -OCH3 is 1. The van der Waals surface area contributed by atoms with E-state index in [0.717, 1.165) is 10.7 Å². The molecule has 0 radical (unpaired) electrons. The minimum atomic E-state index is -3.06. The van der Waals surface area contributed by atoms with Crippen LogP contribution in [0.4, 0.5) is 39.3 Å². The molecule has 0 saturated carbocycles. The Balaban J connectivity index is 1.44. The van der Waals surface area contributed by atoms with E-state index in [-0.39, 0.29) is 53.3 Å². The lowest BCUT2D eigenvalue weighted by atomic mass is 9.98. The van der Waals surface area contributed by atoms with Crippen molar-refractivity contribution in [2.45, 2.75) is 37.3 Å². The van der Waals surface area contributed by atoms with Crippen molar-refractivity contribution in [2.75, 3.05) is 50.6 Å². The van der Waals surface area contributed by atoms with Crippen LogP contribution in [-0.4, -0.2) is 83.9 Å². The summed E-state index contributed by atoms with van der Waals surface area (Å²) in [6.07, 6.45) is -1.72. The van der Waals surface area contributed by atoms with Crippen LogP contribution < -0.4 is 15.4 Å². The number of fused-ring (bicyclic) bond motifs is 1. The smallest absolute Gasteiger partial charge is 0.280 e. The lowest BCUT2D eigenvalue weighted by Crippen LogP contribution is -2.61. The third kappa shape index (κ3) is 5.45. The zero-order valence-electron chi connectivity index (χ0n) is 20.9. The van der Waals surface area contributed by atoms with Crippen molar-refractivity contribution in [3.63, 3.8) is 0 Å². The second kappa shape index (κ2) is 10.9. The van der Waals surface area contributed by atoms with Crippen LogP contribution in [0.3, 0.4) is 0 Å². The third-order valence-corrected chi connectivity index (χ3v) is 6.90. The summed E-state index contributed by atoms with van der Waals surface area (Å²) in [5, 5.41) is 13.1. The molecule has 0 amide bonds. The highest BCUT2D eigenvalue weighted by Crippen LogP contribution is 2.38. The van der Waals surface area contributed by atoms with Crippen LogP contribution in [0.25, 0.3) is 16.6 Å². The normalized spacial score (nSPS) is 19.7. The van der Waals surface area contributed by atoms with Crippen LogP contribution >= 0.6 is 0 Å². The molecule has 2 saturated heterocycles. The number of nitrogens with zero attached hydrogens (tertiary/aromatic N) is 5. The summed E-state index contributed by atoms with van der Waals surface area (Å²) in [7, 11) is 1.31. The van der Waals surface area contributed by atoms with Gasteiger partial charge < -0.3 is 20.1 Å². The van der Waals surface area contributed by atoms with Gasteiger partial charge in [-0.2, -0.15) is 10.1 Å². The van der Waals surface area contributed by atoms with Gasteiger partial charge in [-0.15, -0.1) is 5.10 Å². The van der Waals surface area contributed by atoms with Gasteiger partial charge in [0.15, 0.2) is 5.82 Å². The number of piperidine rings is 1.